The lowest BCUT2D eigenvalue weighted by Crippen LogP contribution is -2.34. The molecule has 3 nitrogen and oxygen atoms in total. The van der Waals surface area contributed by atoms with Crippen LogP contribution in [0.15, 0.2) is 30.3 Å². The highest BCUT2D eigenvalue weighted by molar-refractivity contribution is 5.91. The fraction of sp³-hybridized carbons (Fsp3) is 0.438. The quantitative estimate of drug-likeness (QED) is 0.799. The summed E-state index contributed by atoms with van der Waals surface area (Å²) in [7, 11) is 1.62. The van der Waals surface area contributed by atoms with E-state index in [4.69, 9.17) is 4.74 Å². The van der Waals surface area contributed by atoms with E-state index in [2.05, 4.69) is 31.3 Å². The first-order chi connectivity index (χ1) is 9.02. The maximum atomic E-state index is 11.6. The van der Waals surface area contributed by atoms with Crippen LogP contribution in [0.2, 0.25) is 0 Å². The molecule has 0 aliphatic rings. The molecule has 1 N–H and O–H groups in total. The number of hydrogen-bond acceptors (Lipinski definition) is 2. The van der Waals surface area contributed by atoms with Crippen molar-refractivity contribution in [2.24, 2.45) is 0 Å². The summed E-state index contributed by atoms with van der Waals surface area (Å²) in [6.07, 6.45) is 3.37. The fourth-order valence-electron chi connectivity index (χ4n) is 1.75. The van der Waals surface area contributed by atoms with Gasteiger partial charge < -0.3 is 10.1 Å². The van der Waals surface area contributed by atoms with E-state index in [-0.39, 0.29) is 11.9 Å². The van der Waals surface area contributed by atoms with Crippen molar-refractivity contribution in [3.05, 3.63) is 41.5 Å². The smallest absolute Gasteiger partial charge is 0.244 e. The van der Waals surface area contributed by atoms with Crippen LogP contribution in [0.4, 0.5) is 0 Å². The molecule has 0 saturated heterocycles. The highest BCUT2D eigenvalue weighted by Gasteiger charge is 2.03. The Hall–Kier alpha value is -1.61. The van der Waals surface area contributed by atoms with Gasteiger partial charge in [0.2, 0.25) is 5.91 Å². The monoisotopic (exact) mass is 261 g/mol. The largest absolute Gasteiger partial charge is 0.383 e. The number of amides is 1. The molecule has 0 heterocycles. The molecule has 3 heteroatoms. The Morgan fingerprint density at radius 3 is 2.42 bits per heavy atom. The minimum Gasteiger partial charge on any atom is -0.383 e. The van der Waals surface area contributed by atoms with Crippen molar-refractivity contribution in [3.8, 4) is 0 Å². The normalized spacial score (nSPS) is 12.9. The fourth-order valence-corrected chi connectivity index (χ4v) is 1.75. The summed E-state index contributed by atoms with van der Waals surface area (Å²) in [6, 6.07) is 8.26. The van der Waals surface area contributed by atoms with Crippen molar-refractivity contribution in [2.75, 3.05) is 13.7 Å². The zero-order valence-corrected chi connectivity index (χ0v) is 12.1. The predicted octanol–water partition coefficient (Wildman–Crippen LogP) is 2.97. The van der Waals surface area contributed by atoms with Gasteiger partial charge in [0.1, 0.15) is 0 Å². The highest BCUT2D eigenvalue weighted by Crippen LogP contribution is 2.15. The van der Waals surface area contributed by atoms with Crippen molar-refractivity contribution < 1.29 is 9.53 Å². The molecule has 104 valence electrons. The number of hydrogen-bond donors (Lipinski definition) is 1. The Bertz CT molecular complexity index is 421. The Balaban J connectivity index is 2.54. The second-order valence-electron chi connectivity index (χ2n) is 5.02. The van der Waals surface area contributed by atoms with Crippen LogP contribution < -0.4 is 5.32 Å². The second-order valence-corrected chi connectivity index (χ2v) is 5.02. The highest BCUT2D eigenvalue weighted by atomic mass is 16.5. The van der Waals surface area contributed by atoms with Crippen molar-refractivity contribution >= 4 is 12.0 Å². The van der Waals surface area contributed by atoms with Gasteiger partial charge in [0.25, 0.3) is 0 Å². The van der Waals surface area contributed by atoms with Crippen molar-refractivity contribution in [3.63, 3.8) is 0 Å². The predicted molar refractivity (Wildman–Crippen MR) is 79.0 cm³/mol. The topological polar surface area (TPSA) is 38.3 Å². The van der Waals surface area contributed by atoms with Crippen LogP contribution in [0.5, 0.6) is 0 Å². The van der Waals surface area contributed by atoms with Gasteiger partial charge in [-0.15, -0.1) is 0 Å². The molecule has 1 atom stereocenters. The lowest BCUT2D eigenvalue weighted by Gasteiger charge is -2.10. The van der Waals surface area contributed by atoms with Gasteiger partial charge in [-0.05, 0) is 30.0 Å². The minimum absolute atomic E-state index is 0.0190. The van der Waals surface area contributed by atoms with Crippen molar-refractivity contribution in [2.45, 2.75) is 32.7 Å². The summed E-state index contributed by atoms with van der Waals surface area (Å²) >= 11 is 0. The van der Waals surface area contributed by atoms with Crippen LogP contribution >= 0.6 is 0 Å². The molecule has 0 fully saturated rings. The number of nitrogens with one attached hydrogen (secondary N) is 1. The van der Waals surface area contributed by atoms with E-state index >= 15 is 0 Å². The molecular weight excluding hydrogens is 238 g/mol. The molecule has 0 radical (unpaired) electrons. The molecular formula is C16H23NO2. The number of methoxy groups -OCH3 is 1. The lowest BCUT2D eigenvalue weighted by atomic mass is 10.0. The van der Waals surface area contributed by atoms with E-state index in [1.807, 2.05) is 25.1 Å². The summed E-state index contributed by atoms with van der Waals surface area (Å²) in [5.74, 6) is 0.425. The average molecular weight is 261 g/mol. The van der Waals surface area contributed by atoms with Crippen LogP contribution in [-0.2, 0) is 9.53 Å². The molecule has 1 unspecified atom stereocenters. The maximum Gasteiger partial charge on any atom is 0.244 e. The van der Waals surface area contributed by atoms with Crippen LogP contribution in [0.1, 0.15) is 37.8 Å². The Labute approximate surface area is 115 Å². The number of carbonyl (C=O) groups is 1. The SMILES string of the molecule is COCC(C)NC(=O)/C=C/c1ccc(C(C)C)cc1. The molecule has 0 aliphatic heterocycles. The van der Waals surface area contributed by atoms with E-state index in [1.165, 1.54) is 5.56 Å². The van der Waals surface area contributed by atoms with Crippen LogP contribution in [-0.4, -0.2) is 25.7 Å². The zero-order chi connectivity index (χ0) is 14.3. The average Bonchev–Trinajstić information content (AvgIpc) is 2.37. The van der Waals surface area contributed by atoms with E-state index in [9.17, 15) is 4.79 Å². The standard InChI is InChI=1S/C16H23NO2/c1-12(2)15-8-5-14(6-9-15)7-10-16(18)17-13(3)11-19-4/h5-10,12-13H,11H2,1-4H3,(H,17,18)/b10-7+. The Kier molecular flexibility index (Phi) is 6.30. The first kappa shape index (κ1) is 15.4. The lowest BCUT2D eigenvalue weighted by molar-refractivity contribution is -0.117. The van der Waals surface area contributed by atoms with E-state index in [0.29, 0.717) is 12.5 Å². The minimum atomic E-state index is -0.0995. The summed E-state index contributed by atoms with van der Waals surface area (Å²) < 4.78 is 4.96. The van der Waals surface area contributed by atoms with Gasteiger partial charge in [-0.25, -0.2) is 0 Å². The van der Waals surface area contributed by atoms with E-state index < -0.39 is 0 Å². The molecule has 1 rings (SSSR count). The molecule has 0 bridgehead atoms. The van der Waals surface area contributed by atoms with Crippen LogP contribution in [0.25, 0.3) is 6.08 Å². The number of ether oxygens (including phenoxy) is 1. The molecule has 1 aromatic rings. The van der Waals surface area contributed by atoms with Gasteiger partial charge in [-0.1, -0.05) is 38.1 Å². The first-order valence-corrected chi connectivity index (χ1v) is 6.60. The van der Waals surface area contributed by atoms with E-state index in [0.717, 1.165) is 5.56 Å². The zero-order valence-electron chi connectivity index (χ0n) is 12.1. The summed E-state index contributed by atoms with van der Waals surface area (Å²) in [4.78, 5) is 11.6. The van der Waals surface area contributed by atoms with Crippen molar-refractivity contribution in [1.82, 2.24) is 5.32 Å². The molecule has 1 amide bonds. The van der Waals surface area contributed by atoms with Gasteiger partial charge in [-0.2, -0.15) is 0 Å². The van der Waals surface area contributed by atoms with Crippen LogP contribution in [0, 0.1) is 0 Å². The number of rotatable bonds is 6. The summed E-state index contributed by atoms with van der Waals surface area (Å²) in [6.45, 7) is 6.75. The van der Waals surface area contributed by atoms with Gasteiger partial charge in [0, 0.05) is 19.2 Å². The molecule has 1 aromatic carbocycles. The van der Waals surface area contributed by atoms with Gasteiger partial charge >= 0.3 is 0 Å². The number of carbonyl (C=O) groups excluding carboxylic acids is 1. The molecule has 0 saturated carbocycles. The summed E-state index contributed by atoms with van der Waals surface area (Å²) in [5.41, 5.74) is 2.33. The van der Waals surface area contributed by atoms with E-state index in [1.54, 1.807) is 13.2 Å². The van der Waals surface area contributed by atoms with Gasteiger partial charge in [0.15, 0.2) is 0 Å². The maximum absolute atomic E-state index is 11.6. The number of benzene rings is 1. The molecule has 0 spiro atoms. The van der Waals surface area contributed by atoms with Gasteiger partial charge in [-0.3, -0.25) is 4.79 Å². The first-order valence-electron chi connectivity index (χ1n) is 6.60. The summed E-state index contributed by atoms with van der Waals surface area (Å²) in [5, 5.41) is 2.83. The third-order valence-corrected chi connectivity index (χ3v) is 2.84. The second kappa shape index (κ2) is 7.74. The third kappa shape index (κ3) is 5.71. The molecule has 0 aliphatic carbocycles. The Morgan fingerprint density at radius 2 is 1.89 bits per heavy atom. The Morgan fingerprint density at radius 1 is 1.26 bits per heavy atom. The third-order valence-electron chi connectivity index (χ3n) is 2.84. The van der Waals surface area contributed by atoms with Crippen LogP contribution in [0.3, 0.4) is 0 Å². The molecule has 19 heavy (non-hydrogen) atoms. The van der Waals surface area contributed by atoms with Gasteiger partial charge in [0.05, 0.1) is 6.61 Å². The molecule has 0 aromatic heterocycles. The van der Waals surface area contributed by atoms with Crippen molar-refractivity contribution in [1.29, 1.82) is 0 Å².